The Morgan fingerprint density at radius 3 is 2.54 bits per heavy atom. The van der Waals surface area contributed by atoms with Crippen LogP contribution in [0.5, 0.6) is 0 Å². The van der Waals surface area contributed by atoms with Crippen molar-refractivity contribution in [2.45, 2.75) is 25.8 Å². The molecule has 0 aliphatic heterocycles. The molecule has 0 aliphatic carbocycles. The van der Waals surface area contributed by atoms with Crippen molar-refractivity contribution in [3.8, 4) is 0 Å². The fourth-order valence-corrected chi connectivity index (χ4v) is 1.05. The summed E-state index contributed by atoms with van der Waals surface area (Å²) in [6, 6.07) is 0. The van der Waals surface area contributed by atoms with E-state index in [4.69, 9.17) is 4.74 Å². The highest BCUT2D eigenvalue weighted by Crippen LogP contribution is 2.01. The quantitative estimate of drug-likeness (QED) is 0.623. The van der Waals surface area contributed by atoms with Crippen LogP contribution >= 0.6 is 0 Å². The van der Waals surface area contributed by atoms with Crippen molar-refractivity contribution in [2.24, 2.45) is 0 Å². The molecule has 2 N–H and O–H groups in total. The van der Waals surface area contributed by atoms with E-state index in [0.717, 1.165) is 0 Å². The summed E-state index contributed by atoms with van der Waals surface area (Å²) in [4.78, 5) is 10.9. The van der Waals surface area contributed by atoms with Gasteiger partial charge in [0.15, 0.2) is 0 Å². The minimum atomic E-state index is -0.0667. The topological polar surface area (TPSA) is 50.4 Å². The minimum Gasteiger partial charge on any atom is -0.383 e. The van der Waals surface area contributed by atoms with Crippen LogP contribution in [0, 0.1) is 0 Å². The molecular formula is C9H20N2O2. The lowest BCUT2D eigenvalue weighted by Crippen LogP contribution is -2.44. The predicted octanol–water partition coefficient (Wildman–Crippen LogP) is 0.137. The molecule has 0 atom stereocenters. The molecule has 0 heterocycles. The van der Waals surface area contributed by atoms with E-state index >= 15 is 0 Å². The van der Waals surface area contributed by atoms with Crippen molar-refractivity contribution in [2.75, 3.05) is 27.3 Å². The summed E-state index contributed by atoms with van der Waals surface area (Å²) in [5, 5.41) is 5.81. The van der Waals surface area contributed by atoms with Gasteiger partial charge in [0.05, 0.1) is 6.61 Å². The first-order chi connectivity index (χ1) is 6.02. The second-order valence-corrected chi connectivity index (χ2v) is 3.67. The summed E-state index contributed by atoms with van der Waals surface area (Å²) < 4.78 is 5.03. The SMILES string of the molecule is CNC(=O)CCNC(C)(C)COC. The molecule has 0 spiro atoms. The molecule has 0 aliphatic rings. The van der Waals surface area contributed by atoms with Gasteiger partial charge in [0.1, 0.15) is 0 Å². The van der Waals surface area contributed by atoms with Gasteiger partial charge in [0.25, 0.3) is 0 Å². The van der Waals surface area contributed by atoms with Gasteiger partial charge in [-0.3, -0.25) is 4.79 Å². The maximum atomic E-state index is 10.9. The number of carbonyl (C=O) groups is 1. The Bertz CT molecular complexity index is 158. The van der Waals surface area contributed by atoms with Gasteiger partial charge in [0, 0.05) is 32.7 Å². The summed E-state index contributed by atoms with van der Waals surface area (Å²) in [5.41, 5.74) is -0.0667. The molecule has 0 fully saturated rings. The highest BCUT2D eigenvalue weighted by Gasteiger charge is 2.16. The van der Waals surface area contributed by atoms with Crippen LogP contribution in [0.2, 0.25) is 0 Å². The summed E-state index contributed by atoms with van der Waals surface area (Å²) in [6.45, 7) is 5.40. The second kappa shape index (κ2) is 5.94. The van der Waals surface area contributed by atoms with Gasteiger partial charge in [-0.1, -0.05) is 0 Å². The molecule has 0 aromatic carbocycles. The Balaban J connectivity index is 3.56. The first kappa shape index (κ1) is 12.4. The zero-order chi connectivity index (χ0) is 10.3. The van der Waals surface area contributed by atoms with Crippen molar-refractivity contribution in [1.82, 2.24) is 10.6 Å². The molecular weight excluding hydrogens is 168 g/mol. The molecule has 1 amide bonds. The summed E-state index contributed by atoms with van der Waals surface area (Å²) in [7, 11) is 3.31. The highest BCUT2D eigenvalue weighted by molar-refractivity contribution is 5.75. The Kier molecular flexibility index (Phi) is 5.66. The summed E-state index contributed by atoms with van der Waals surface area (Å²) >= 11 is 0. The second-order valence-electron chi connectivity index (χ2n) is 3.67. The van der Waals surface area contributed by atoms with Gasteiger partial charge in [0.2, 0.25) is 5.91 Å². The molecule has 0 radical (unpaired) electrons. The normalized spacial score (nSPS) is 11.4. The number of ether oxygens (including phenoxy) is 1. The maximum Gasteiger partial charge on any atom is 0.221 e. The van der Waals surface area contributed by atoms with Crippen LogP contribution in [0.25, 0.3) is 0 Å². The fraction of sp³-hybridized carbons (Fsp3) is 0.889. The number of rotatable bonds is 6. The van der Waals surface area contributed by atoms with Gasteiger partial charge in [-0.2, -0.15) is 0 Å². The molecule has 4 heteroatoms. The molecule has 78 valence electrons. The van der Waals surface area contributed by atoms with Crippen molar-refractivity contribution < 1.29 is 9.53 Å². The largest absolute Gasteiger partial charge is 0.383 e. The van der Waals surface area contributed by atoms with E-state index in [1.54, 1.807) is 14.2 Å². The molecule has 0 saturated heterocycles. The van der Waals surface area contributed by atoms with Crippen molar-refractivity contribution in [3.63, 3.8) is 0 Å². The molecule has 0 rings (SSSR count). The van der Waals surface area contributed by atoms with Crippen LogP contribution < -0.4 is 10.6 Å². The van der Waals surface area contributed by atoms with E-state index in [2.05, 4.69) is 10.6 Å². The minimum absolute atomic E-state index is 0.0562. The Morgan fingerprint density at radius 1 is 1.46 bits per heavy atom. The number of methoxy groups -OCH3 is 1. The first-order valence-electron chi connectivity index (χ1n) is 4.46. The standard InChI is InChI=1S/C9H20N2O2/c1-9(2,7-13-4)11-6-5-8(12)10-3/h11H,5-7H2,1-4H3,(H,10,12). The zero-order valence-corrected chi connectivity index (χ0v) is 8.94. The lowest BCUT2D eigenvalue weighted by Gasteiger charge is -2.25. The molecule has 0 aromatic heterocycles. The van der Waals surface area contributed by atoms with E-state index in [9.17, 15) is 4.79 Å². The molecule has 0 aromatic rings. The van der Waals surface area contributed by atoms with Crippen LogP contribution in [-0.4, -0.2) is 38.8 Å². The molecule has 13 heavy (non-hydrogen) atoms. The van der Waals surface area contributed by atoms with E-state index < -0.39 is 0 Å². The first-order valence-corrected chi connectivity index (χ1v) is 4.46. The number of nitrogens with one attached hydrogen (secondary N) is 2. The van der Waals surface area contributed by atoms with E-state index in [1.807, 2.05) is 13.8 Å². The van der Waals surface area contributed by atoms with Gasteiger partial charge < -0.3 is 15.4 Å². The van der Waals surface area contributed by atoms with Crippen LogP contribution in [0.15, 0.2) is 0 Å². The Labute approximate surface area is 80.0 Å². The van der Waals surface area contributed by atoms with Crippen molar-refractivity contribution in [3.05, 3.63) is 0 Å². The Hall–Kier alpha value is -0.610. The molecule has 0 unspecified atom stereocenters. The lowest BCUT2D eigenvalue weighted by atomic mass is 10.1. The van der Waals surface area contributed by atoms with Gasteiger partial charge in [-0.15, -0.1) is 0 Å². The van der Waals surface area contributed by atoms with Crippen LogP contribution in [-0.2, 0) is 9.53 Å². The number of carbonyl (C=O) groups excluding carboxylic acids is 1. The van der Waals surface area contributed by atoms with E-state index in [0.29, 0.717) is 19.6 Å². The zero-order valence-electron chi connectivity index (χ0n) is 8.94. The van der Waals surface area contributed by atoms with E-state index in [-0.39, 0.29) is 11.4 Å². The summed E-state index contributed by atoms with van der Waals surface area (Å²) in [5.74, 6) is 0.0562. The number of amides is 1. The maximum absolute atomic E-state index is 10.9. The smallest absolute Gasteiger partial charge is 0.221 e. The van der Waals surface area contributed by atoms with E-state index in [1.165, 1.54) is 0 Å². The number of hydrogen-bond donors (Lipinski definition) is 2. The van der Waals surface area contributed by atoms with Gasteiger partial charge in [-0.05, 0) is 13.8 Å². The van der Waals surface area contributed by atoms with Gasteiger partial charge >= 0.3 is 0 Å². The van der Waals surface area contributed by atoms with Crippen molar-refractivity contribution in [1.29, 1.82) is 0 Å². The Morgan fingerprint density at radius 2 is 2.08 bits per heavy atom. The third-order valence-electron chi connectivity index (χ3n) is 1.74. The monoisotopic (exact) mass is 188 g/mol. The molecule has 0 bridgehead atoms. The molecule has 0 saturated carbocycles. The molecule has 4 nitrogen and oxygen atoms in total. The lowest BCUT2D eigenvalue weighted by molar-refractivity contribution is -0.120. The number of hydrogen-bond acceptors (Lipinski definition) is 3. The van der Waals surface area contributed by atoms with Crippen molar-refractivity contribution >= 4 is 5.91 Å². The van der Waals surface area contributed by atoms with Gasteiger partial charge in [-0.25, -0.2) is 0 Å². The highest BCUT2D eigenvalue weighted by atomic mass is 16.5. The third-order valence-corrected chi connectivity index (χ3v) is 1.74. The summed E-state index contributed by atoms with van der Waals surface area (Å²) in [6.07, 6.45) is 0.504. The predicted molar refractivity (Wildman–Crippen MR) is 52.6 cm³/mol. The third kappa shape index (κ3) is 6.54. The van der Waals surface area contributed by atoms with Crippen LogP contribution in [0.4, 0.5) is 0 Å². The average Bonchev–Trinajstić information content (AvgIpc) is 2.03. The average molecular weight is 188 g/mol. The fourth-order valence-electron chi connectivity index (χ4n) is 1.05. The van der Waals surface area contributed by atoms with Crippen LogP contribution in [0.1, 0.15) is 20.3 Å². The van der Waals surface area contributed by atoms with Crippen LogP contribution in [0.3, 0.4) is 0 Å².